The van der Waals surface area contributed by atoms with Crippen molar-refractivity contribution in [3.8, 4) is 5.75 Å². The summed E-state index contributed by atoms with van der Waals surface area (Å²) in [6.45, 7) is 1.92. The van der Waals surface area contributed by atoms with Gasteiger partial charge in [0.15, 0.2) is 0 Å². The van der Waals surface area contributed by atoms with Gasteiger partial charge in [-0.25, -0.2) is 9.97 Å². The van der Waals surface area contributed by atoms with Crippen LogP contribution in [0.5, 0.6) is 5.75 Å². The van der Waals surface area contributed by atoms with Gasteiger partial charge in [0.2, 0.25) is 0 Å². The molecule has 4 nitrogen and oxygen atoms in total. The van der Waals surface area contributed by atoms with Gasteiger partial charge in [-0.05, 0) is 31.9 Å². The molecule has 1 heterocycles. The molecule has 0 aliphatic heterocycles. The number of ether oxygens (including phenoxy) is 1. The van der Waals surface area contributed by atoms with E-state index in [2.05, 4.69) is 15.3 Å². The summed E-state index contributed by atoms with van der Waals surface area (Å²) in [5.41, 5.74) is 1.78. The quantitative estimate of drug-likeness (QED) is 0.862. The van der Waals surface area contributed by atoms with E-state index in [1.807, 2.05) is 31.2 Å². The van der Waals surface area contributed by atoms with Crippen LogP contribution in [0.3, 0.4) is 0 Å². The van der Waals surface area contributed by atoms with Crippen LogP contribution in [0.2, 0.25) is 5.15 Å². The van der Waals surface area contributed by atoms with Gasteiger partial charge >= 0.3 is 0 Å². The first kappa shape index (κ1) is 13.2. The summed E-state index contributed by atoms with van der Waals surface area (Å²) in [6.07, 6.45) is 2.30. The minimum atomic E-state index is 0.471. The van der Waals surface area contributed by atoms with Gasteiger partial charge in [0.1, 0.15) is 22.5 Å². The fourth-order valence-corrected chi connectivity index (χ4v) is 2.16. The Balaban J connectivity index is 1.92. The molecule has 104 valence electrons. The summed E-state index contributed by atoms with van der Waals surface area (Å²) in [5.74, 6) is 2.88. The molecule has 20 heavy (non-hydrogen) atoms. The van der Waals surface area contributed by atoms with Crippen molar-refractivity contribution in [2.75, 3.05) is 12.4 Å². The molecule has 0 amide bonds. The van der Waals surface area contributed by atoms with Crippen molar-refractivity contribution in [1.29, 1.82) is 0 Å². The second-order valence-corrected chi connectivity index (χ2v) is 5.34. The van der Waals surface area contributed by atoms with E-state index in [9.17, 15) is 0 Å². The van der Waals surface area contributed by atoms with Crippen molar-refractivity contribution in [1.82, 2.24) is 9.97 Å². The van der Waals surface area contributed by atoms with E-state index >= 15 is 0 Å². The lowest BCUT2D eigenvalue weighted by atomic mass is 10.2. The Bertz CT molecular complexity index is 641. The highest BCUT2D eigenvalue weighted by Crippen LogP contribution is 2.39. The van der Waals surface area contributed by atoms with Crippen LogP contribution in [0.25, 0.3) is 0 Å². The Morgan fingerprint density at radius 2 is 2.10 bits per heavy atom. The normalized spacial score (nSPS) is 14.2. The van der Waals surface area contributed by atoms with Crippen LogP contribution in [-0.2, 0) is 0 Å². The summed E-state index contributed by atoms with van der Waals surface area (Å²) in [5, 5.41) is 3.82. The second kappa shape index (κ2) is 5.29. The SMILES string of the molecule is COc1cccc(Nc2nc(C3CC3)nc(Cl)c2C)c1. The zero-order chi connectivity index (χ0) is 14.1. The van der Waals surface area contributed by atoms with E-state index in [0.29, 0.717) is 11.1 Å². The molecule has 0 saturated heterocycles. The highest BCUT2D eigenvalue weighted by atomic mass is 35.5. The molecule has 2 aromatic rings. The summed E-state index contributed by atoms with van der Waals surface area (Å²) < 4.78 is 5.22. The third-order valence-electron chi connectivity index (χ3n) is 3.38. The molecule has 5 heteroatoms. The number of halogens is 1. The zero-order valence-corrected chi connectivity index (χ0v) is 12.2. The van der Waals surface area contributed by atoms with Crippen LogP contribution >= 0.6 is 11.6 Å². The molecule has 1 saturated carbocycles. The van der Waals surface area contributed by atoms with E-state index in [-0.39, 0.29) is 0 Å². The van der Waals surface area contributed by atoms with Gasteiger partial charge in [-0.2, -0.15) is 0 Å². The Hall–Kier alpha value is -1.81. The smallest absolute Gasteiger partial charge is 0.138 e. The molecule has 0 radical (unpaired) electrons. The summed E-state index contributed by atoms with van der Waals surface area (Å²) >= 11 is 6.20. The monoisotopic (exact) mass is 289 g/mol. The molecule has 0 unspecified atom stereocenters. The fraction of sp³-hybridized carbons (Fsp3) is 0.333. The predicted molar refractivity (Wildman–Crippen MR) is 80.0 cm³/mol. The first-order valence-corrected chi connectivity index (χ1v) is 7.00. The molecule has 0 atom stereocenters. The minimum absolute atomic E-state index is 0.471. The maximum Gasteiger partial charge on any atom is 0.138 e. The largest absolute Gasteiger partial charge is 0.497 e. The lowest BCUT2D eigenvalue weighted by molar-refractivity contribution is 0.415. The first-order valence-electron chi connectivity index (χ1n) is 6.62. The number of anilines is 2. The number of rotatable bonds is 4. The van der Waals surface area contributed by atoms with Crippen molar-refractivity contribution >= 4 is 23.1 Å². The van der Waals surface area contributed by atoms with Crippen LogP contribution in [0, 0.1) is 6.92 Å². The average molecular weight is 290 g/mol. The Morgan fingerprint density at radius 1 is 1.30 bits per heavy atom. The molecule has 1 N–H and O–H groups in total. The highest BCUT2D eigenvalue weighted by Gasteiger charge is 2.28. The molecule has 0 spiro atoms. The molecule has 0 bridgehead atoms. The fourth-order valence-electron chi connectivity index (χ4n) is 1.99. The molecular formula is C15H16ClN3O. The Morgan fingerprint density at radius 3 is 2.80 bits per heavy atom. The van der Waals surface area contributed by atoms with E-state index in [1.54, 1.807) is 7.11 Å². The van der Waals surface area contributed by atoms with E-state index < -0.39 is 0 Å². The third-order valence-corrected chi connectivity index (χ3v) is 3.75. The Labute approximate surface area is 123 Å². The number of nitrogens with zero attached hydrogens (tertiary/aromatic N) is 2. The van der Waals surface area contributed by atoms with Gasteiger partial charge in [-0.3, -0.25) is 0 Å². The summed E-state index contributed by atoms with van der Waals surface area (Å²) in [7, 11) is 1.65. The first-order chi connectivity index (χ1) is 9.67. The van der Waals surface area contributed by atoms with Crippen molar-refractivity contribution in [3.63, 3.8) is 0 Å². The second-order valence-electron chi connectivity index (χ2n) is 4.98. The van der Waals surface area contributed by atoms with Crippen molar-refractivity contribution in [2.24, 2.45) is 0 Å². The number of hydrogen-bond acceptors (Lipinski definition) is 4. The van der Waals surface area contributed by atoms with Gasteiger partial charge in [0, 0.05) is 23.2 Å². The predicted octanol–water partition coefficient (Wildman–Crippen LogP) is 4.07. The topological polar surface area (TPSA) is 47.0 Å². The number of nitrogens with one attached hydrogen (secondary N) is 1. The van der Waals surface area contributed by atoms with Gasteiger partial charge in [-0.15, -0.1) is 0 Å². The molecule has 1 aromatic carbocycles. The molecule has 1 fully saturated rings. The van der Waals surface area contributed by atoms with Crippen molar-refractivity contribution < 1.29 is 4.74 Å². The number of benzene rings is 1. The average Bonchev–Trinajstić information content (AvgIpc) is 3.28. The van der Waals surface area contributed by atoms with Gasteiger partial charge in [0.05, 0.1) is 7.11 Å². The Kier molecular flexibility index (Phi) is 3.49. The highest BCUT2D eigenvalue weighted by molar-refractivity contribution is 6.30. The number of hydrogen-bond donors (Lipinski definition) is 1. The minimum Gasteiger partial charge on any atom is -0.497 e. The van der Waals surface area contributed by atoms with Crippen LogP contribution in [0.15, 0.2) is 24.3 Å². The lowest BCUT2D eigenvalue weighted by Crippen LogP contribution is -2.03. The molecule has 3 rings (SSSR count). The van der Waals surface area contributed by atoms with Crippen LogP contribution in [0.1, 0.15) is 30.1 Å². The molecular weight excluding hydrogens is 274 g/mol. The van der Waals surface area contributed by atoms with Crippen LogP contribution < -0.4 is 10.1 Å². The van der Waals surface area contributed by atoms with Crippen LogP contribution in [0.4, 0.5) is 11.5 Å². The zero-order valence-electron chi connectivity index (χ0n) is 11.5. The van der Waals surface area contributed by atoms with Crippen LogP contribution in [-0.4, -0.2) is 17.1 Å². The molecule has 1 aliphatic rings. The van der Waals surface area contributed by atoms with Gasteiger partial charge in [0.25, 0.3) is 0 Å². The number of methoxy groups -OCH3 is 1. The summed E-state index contributed by atoms with van der Waals surface area (Å²) in [4.78, 5) is 8.96. The van der Waals surface area contributed by atoms with E-state index in [0.717, 1.165) is 41.5 Å². The lowest BCUT2D eigenvalue weighted by Gasteiger charge is -2.12. The molecule has 1 aliphatic carbocycles. The molecule has 1 aromatic heterocycles. The van der Waals surface area contributed by atoms with Crippen molar-refractivity contribution in [3.05, 3.63) is 40.8 Å². The third kappa shape index (κ3) is 2.70. The summed E-state index contributed by atoms with van der Waals surface area (Å²) in [6, 6.07) is 7.72. The van der Waals surface area contributed by atoms with Gasteiger partial charge < -0.3 is 10.1 Å². The van der Waals surface area contributed by atoms with Crippen molar-refractivity contribution in [2.45, 2.75) is 25.7 Å². The standard InChI is InChI=1S/C15H16ClN3O/c1-9-13(16)18-15(10-6-7-10)19-14(9)17-11-4-3-5-12(8-11)20-2/h3-5,8,10H,6-7H2,1-2H3,(H,17,18,19). The maximum absolute atomic E-state index is 6.20. The number of aromatic nitrogens is 2. The van der Waals surface area contributed by atoms with E-state index in [1.165, 1.54) is 0 Å². The maximum atomic E-state index is 6.20. The van der Waals surface area contributed by atoms with E-state index in [4.69, 9.17) is 16.3 Å². The van der Waals surface area contributed by atoms with Gasteiger partial charge in [-0.1, -0.05) is 17.7 Å².